The van der Waals surface area contributed by atoms with E-state index in [1.54, 1.807) is 48.5 Å². The fourth-order valence-corrected chi connectivity index (χ4v) is 5.72. The minimum Gasteiger partial charge on any atom is -0.493 e. The van der Waals surface area contributed by atoms with Crippen molar-refractivity contribution in [3.8, 4) is 11.5 Å². The van der Waals surface area contributed by atoms with Gasteiger partial charge in [0.05, 0.1) is 48.9 Å². The third kappa shape index (κ3) is 6.87. The molecule has 0 aliphatic rings. The molecule has 214 valence electrons. The highest BCUT2D eigenvalue weighted by molar-refractivity contribution is 7.92. The molecule has 4 aromatic rings. The Morgan fingerprint density at radius 2 is 1.59 bits per heavy atom. The van der Waals surface area contributed by atoms with Gasteiger partial charge < -0.3 is 24.5 Å². The summed E-state index contributed by atoms with van der Waals surface area (Å²) in [5, 5.41) is 5.45. The molecule has 0 atom stereocenters. The van der Waals surface area contributed by atoms with Gasteiger partial charge in [0.2, 0.25) is 5.91 Å². The summed E-state index contributed by atoms with van der Waals surface area (Å²) in [5.74, 6) is 0.0993. The summed E-state index contributed by atoms with van der Waals surface area (Å²) in [6, 6.07) is 19.4. The summed E-state index contributed by atoms with van der Waals surface area (Å²) in [7, 11) is -1.39. The zero-order valence-corrected chi connectivity index (χ0v) is 23.9. The van der Waals surface area contributed by atoms with Crippen molar-refractivity contribution in [3.05, 3.63) is 102 Å². The standard InChI is InChI=1S/C30H31N3O7S/c1-20-14-21(2)16-22(15-20)33(41(36,37)24-11-12-27(38-3)28(17-24)39-4)19-29(34)32-26-10-6-5-9-25(26)30(35)31-18-23-8-7-13-40-23/h5-17H,18-19H2,1-4H3,(H,31,35)(H,32,34). The van der Waals surface area contributed by atoms with Crippen LogP contribution < -0.4 is 24.4 Å². The van der Waals surface area contributed by atoms with E-state index in [2.05, 4.69) is 10.6 Å². The molecule has 4 rings (SSSR count). The Bertz CT molecular complexity index is 1630. The van der Waals surface area contributed by atoms with Crippen LogP contribution >= 0.6 is 0 Å². The number of hydrogen-bond donors (Lipinski definition) is 2. The van der Waals surface area contributed by atoms with Crippen LogP contribution in [0.1, 0.15) is 27.2 Å². The minimum absolute atomic E-state index is 0.0835. The van der Waals surface area contributed by atoms with Crippen molar-refractivity contribution in [3.63, 3.8) is 0 Å². The van der Waals surface area contributed by atoms with Gasteiger partial charge in [0.25, 0.3) is 15.9 Å². The molecule has 1 heterocycles. The van der Waals surface area contributed by atoms with Gasteiger partial charge in [-0.05, 0) is 73.5 Å². The number of para-hydroxylation sites is 1. The van der Waals surface area contributed by atoms with Crippen LogP contribution in [0.25, 0.3) is 0 Å². The second-order valence-corrected chi connectivity index (χ2v) is 11.1. The number of sulfonamides is 1. The Hall–Kier alpha value is -4.77. The largest absolute Gasteiger partial charge is 0.493 e. The molecule has 0 aliphatic heterocycles. The smallest absolute Gasteiger partial charge is 0.264 e. The van der Waals surface area contributed by atoms with Gasteiger partial charge in [0, 0.05) is 6.07 Å². The first kappa shape index (κ1) is 29.2. The third-order valence-corrected chi connectivity index (χ3v) is 7.94. The topological polar surface area (TPSA) is 127 Å². The van der Waals surface area contributed by atoms with Crippen molar-refractivity contribution in [1.29, 1.82) is 0 Å². The number of ether oxygens (including phenoxy) is 2. The molecule has 2 N–H and O–H groups in total. The Morgan fingerprint density at radius 1 is 0.878 bits per heavy atom. The molecule has 0 saturated carbocycles. The van der Waals surface area contributed by atoms with E-state index in [1.165, 1.54) is 38.7 Å². The molecule has 0 saturated heterocycles. The monoisotopic (exact) mass is 577 g/mol. The zero-order chi connectivity index (χ0) is 29.6. The average Bonchev–Trinajstić information content (AvgIpc) is 3.47. The van der Waals surface area contributed by atoms with Crippen LogP contribution in [0.3, 0.4) is 0 Å². The Kier molecular flexibility index (Phi) is 8.98. The highest BCUT2D eigenvalue weighted by Crippen LogP contribution is 2.33. The van der Waals surface area contributed by atoms with E-state index in [0.29, 0.717) is 17.2 Å². The van der Waals surface area contributed by atoms with Crippen molar-refractivity contribution >= 4 is 33.2 Å². The summed E-state index contributed by atoms with van der Waals surface area (Å²) < 4.78 is 44.8. The van der Waals surface area contributed by atoms with Crippen LogP contribution in [0.15, 0.2) is 88.4 Å². The van der Waals surface area contributed by atoms with Gasteiger partial charge in [0.1, 0.15) is 12.3 Å². The van der Waals surface area contributed by atoms with Gasteiger partial charge >= 0.3 is 0 Å². The number of aryl methyl sites for hydroxylation is 2. The molecule has 2 amide bonds. The van der Waals surface area contributed by atoms with Crippen molar-refractivity contribution in [2.75, 3.05) is 30.4 Å². The second kappa shape index (κ2) is 12.6. The normalized spacial score (nSPS) is 11.0. The van der Waals surface area contributed by atoms with E-state index in [1.807, 2.05) is 19.9 Å². The number of carbonyl (C=O) groups is 2. The van der Waals surface area contributed by atoms with Crippen LogP contribution in [-0.4, -0.2) is 41.0 Å². The second-order valence-electron chi connectivity index (χ2n) is 9.23. The average molecular weight is 578 g/mol. The maximum absolute atomic E-state index is 14.0. The minimum atomic E-state index is -4.25. The van der Waals surface area contributed by atoms with Gasteiger partial charge in [-0.15, -0.1) is 0 Å². The summed E-state index contributed by atoms with van der Waals surface area (Å²) in [4.78, 5) is 26.2. The molecule has 0 radical (unpaired) electrons. The SMILES string of the molecule is COc1ccc(S(=O)(=O)N(CC(=O)Nc2ccccc2C(=O)NCc2ccco2)c2cc(C)cc(C)c2)cc1OC. The van der Waals surface area contributed by atoms with Crippen LogP contribution in [-0.2, 0) is 21.4 Å². The highest BCUT2D eigenvalue weighted by Gasteiger charge is 2.29. The summed E-state index contributed by atoms with van der Waals surface area (Å²) >= 11 is 0. The number of hydrogen-bond acceptors (Lipinski definition) is 7. The van der Waals surface area contributed by atoms with Crippen LogP contribution in [0, 0.1) is 13.8 Å². The number of carbonyl (C=O) groups excluding carboxylic acids is 2. The zero-order valence-electron chi connectivity index (χ0n) is 23.1. The van der Waals surface area contributed by atoms with Crippen molar-refractivity contribution in [1.82, 2.24) is 5.32 Å². The van der Waals surface area contributed by atoms with Gasteiger partial charge in [-0.3, -0.25) is 13.9 Å². The molecule has 41 heavy (non-hydrogen) atoms. The van der Waals surface area contributed by atoms with Crippen LogP contribution in [0.2, 0.25) is 0 Å². The number of benzene rings is 3. The van der Waals surface area contributed by atoms with Crippen molar-refractivity contribution < 1.29 is 31.9 Å². The Balaban J connectivity index is 1.64. The Morgan fingerprint density at radius 3 is 2.24 bits per heavy atom. The molecule has 0 bridgehead atoms. The molecule has 3 aromatic carbocycles. The lowest BCUT2D eigenvalue weighted by Gasteiger charge is -2.25. The summed E-state index contributed by atoms with van der Waals surface area (Å²) in [6.45, 7) is 3.30. The van der Waals surface area contributed by atoms with Crippen molar-refractivity contribution in [2.45, 2.75) is 25.3 Å². The van der Waals surface area contributed by atoms with E-state index in [0.717, 1.165) is 15.4 Å². The first-order valence-electron chi connectivity index (χ1n) is 12.6. The lowest BCUT2D eigenvalue weighted by Crippen LogP contribution is -2.38. The van der Waals surface area contributed by atoms with Gasteiger partial charge in [0.15, 0.2) is 11.5 Å². The van der Waals surface area contributed by atoms with E-state index >= 15 is 0 Å². The molecular formula is C30H31N3O7S. The molecule has 11 heteroatoms. The fourth-order valence-electron chi connectivity index (χ4n) is 4.30. The highest BCUT2D eigenvalue weighted by atomic mass is 32.2. The molecule has 1 aromatic heterocycles. The summed E-state index contributed by atoms with van der Waals surface area (Å²) in [5.41, 5.74) is 2.42. The maximum Gasteiger partial charge on any atom is 0.264 e. The predicted molar refractivity (Wildman–Crippen MR) is 155 cm³/mol. The number of amides is 2. The quantitative estimate of drug-likeness (QED) is 0.265. The fraction of sp³-hybridized carbons (Fsp3) is 0.200. The van der Waals surface area contributed by atoms with E-state index in [9.17, 15) is 18.0 Å². The number of nitrogens with zero attached hydrogens (tertiary/aromatic N) is 1. The van der Waals surface area contributed by atoms with Crippen molar-refractivity contribution in [2.24, 2.45) is 0 Å². The first-order valence-corrected chi connectivity index (χ1v) is 14.1. The van der Waals surface area contributed by atoms with Gasteiger partial charge in [-0.25, -0.2) is 8.42 Å². The third-order valence-electron chi connectivity index (χ3n) is 6.17. The molecule has 0 unspecified atom stereocenters. The number of anilines is 2. The molecule has 0 spiro atoms. The number of nitrogens with one attached hydrogen (secondary N) is 2. The van der Waals surface area contributed by atoms with E-state index < -0.39 is 28.4 Å². The molecular weight excluding hydrogens is 546 g/mol. The maximum atomic E-state index is 14.0. The number of furan rings is 1. The van der Waals surface area contributed by atoms with Crippen LogP contribution in [0.4, 0.5) is 11.4 Å². The lowest BCUT2D eigenvalue weighted by molar-refractivity contribution is -0.114. The van der Waals surface area contributed by atoms with Crippen LogP contribution in [0.5, 0.6) is 11.5 Å². The lowest BCUT2D eigenvalue weighted by atomic mass is 10.1. The predicted octanol–water partition coefficient (Wildman–Crippen LogP) is 4.68. The van der Waals surface area contributed by atoms with Gasteiger partial charge in [-0.2, -0.15) is 0 Å². The number of methoxy groups -OCH3 is 2. The van der Waals surface area contributed by atoms with E-state index in [-0.39, 0.29) is 28.4 Å². The Labute approximate surface area is 238 Å². The summed E-state index contributed by atoms with van der Waals surface area (Å²) in [6.07, 6.45) is 1.51. The number of rotatable bonds is 11. The van der Waals surface area contributed by atoms with E-state index in [4.69, 9.17) is 13.9 Å². The van der Waals surface area contributed by atoms with Gasteiger partial charge in [-0.1, -0.05) is 18.2 Å². The molecule has 0 aliphatic carbocycles. The first-order chi connectivity index (χ1) is 19.6. The molecule has 0 fully saturated rings. The molecule has 10 nitrogen and oxygen atoms in total.